The number of carboxylic acid groups (broad SMARTS) is 1. The van der Waals surface area contributed by atoms with E-state index in [0.717, 1.165) is 0 Å². The summed E-state index contributed by atoms with van der Waals surface area (Å²) in [6, 6.07) is -0.267. The van der Waals surface area contributed by atoms with Crippen LogP contribution in [0.3, 0.4) is 0 Å². The van der Waals surface area contributed by atoms with Gasteiger partial charge in [0.2, 0.25) is 0 Å². The van der Waals surface area contributed by atoms with Crippen LogP contribution in [0.1, 0.15) is 19.8 Å². The number of urea groups is 1. The summed E-state index contributed by atoms with van der Waals surface area (Å²) in [5, 5.41) is 8.88. The molecule has 1 aliphatic heterocycles. The zero-order chi connectivity index (χ0) is 14.4. The van der Waals surface area contributed by atoms with Crippen molar-refractivity contribution in [2.75, 3.05) is 33.3 Å². The zero-order valence-electron chi connectivity index (χ0n) is 11.3. The number of likely N-dealkylation sites (tertiary alicyclic amines) is 1. The molecule has 7 heteroatoms. The largest absolute Gasteiger partial charge is 0.481 e. The third-order valence-corrected chi connectivity index (χ3v) is 3.11. The van der Waals surface area contributed by atoms with Crippen molar-refractivity contribution >= 4 is 18.0 Å². The summed E-state index contributed by atoms with van der Waals surface area (Å²) in [7, 11) is 1.53. The molecule has 0 aromatic rings. The lowest BCUT2D eigenvalue weighted by Gasteiger charge is -2.32. The molecule has 1 rings (SSSR count). The second kappa shape index (κ2) is 6.96. The Hall–Kier alpha value is -1.79. The van der Waals surface area contributed by atoms with Crippen LogP contribution in [0.25, 0.3) is 0 Å². The number of rotatable bonds is 4. The molecule has 0 bridgehead atoms. The Kier molecular flexibility index (Phi) is 5.59. The maximum atomic E-state index is 12.0. The Balaban J connectivity index is 2.42. The van der Waals surface area contributed by atoms with Crippen LogP contribution >= 0.6 is 0 Å². The standard InChI is InChI=1S/C12H20N2O5/c1-3-19-10(15)8-13(2)12(18)14-6-4-9(5-7-14)11(16)17/h9H,3-8H2,1-2H3,(H,16,17). The van der Waals surface area contributed by atoms with E-state index < -0.39 is 11.9 Å². The van der Waals surface area contributed by atoms with Gasteiger partial charge in [0.05, 0.1) is 12.5 Å². The molecule has 1 N–H and O–H groups in total. The number of nitrogens with zero attached hydrogens (tertiary/aromatic N) is 2. The zero-order valence-corrected chi connectivity index (χ0v) is 11.3. The van der Waals surface area contributed by atoms with Crippen LogP contribution in [0.4, 0.5) is 4.79 Å². The molecule has 0 aliphatic carbocycles. The molecule has 0 saturated carbocycles. The Morgan fingerprint density at radius 2 is 1.89 bits per heavy atom. The van der Waals surface area contributed by atoms with Gasteiger partial charge >= 0.3 is 18.0 Å². The van der Waals surface area contributed by atoms with Crippen molar-refractivity contribution in [3.63, 3.8) is 0 Å². The summed E-state index contributed by atoms with van der Waals surface area (Å²) < 4.78 is 4.77. The number of hydrogen-bond donors (Lipinski definition) is 1. The molecule has 0 unspecified atom stereocenters. The molecule has 0 aromatic carbocycles. The van der Waals surface area contributed by atoms with E-state index in [-0.39, 0.29) is 25.1 Å². The first-order chi connectivity index (χ1) is 8.95. The van der Waals surface area contributed by atoms with Gasteiger partial charge in [-0.25, -0.2) is 4.79 Å². The van der Waals surface area contributed by atoms with E-state index in [4.69, 9.17) is 9.84 Å². The van der Waals surface area contributed by atoms with E-state index in [9.17, 15) is 14.4 Å². The molecule has 0 spiro atoms. The number of ether oxygens (including phenoxy) is 1. The summed E-state index contributed by atoms with van der Waals surface area (Å²) in [5.74, 6) is -1.63. The monoisotopic (exact) mass is 272 g/mol. The van der Waals surface area contributed by atoms with Gasteiger partial charge < -0.3 is 19.6 Å². The summed E-state index contributed by atoms with van der Waals surface area (Å²) >= 11 is 0. The van der Waals surface area contributed by atoms with Crippen molar-refractivity contribution in [3.8, 4) is 0 Å². The van der Waals surface area contributed by atoms with E-state index in [1.54, 1.807) is 11.8 Å². The highest BCUT2D eigenvalue weighted by molar-refractivity contribution is 5.81. The van der Waals surface area contributed by atoms with Gasteiger partial charge in [-0.1, -0.05) is 0 Å². The Labute approximate surface area is 112 Å². The molecule has 0 radical (unpaired) electrons. The summed E-state index contributed by atoms with van der Waals surface area (Å²) in [5.41, 5.74) is 0. The van der Waals surface area contributed by atoms with Crippen LogP contribution in [0, 0.1) is 5.92 Å². The van der Waals surface area contributed by atoms with Crippen molar-refractivity contribution in [1.82, 2.24) is 9.80 Å². The number of carbonyl (C=O) groups excluding carboxylic acids is 2. The molecule has 7 nitrogen and oxygen atoms in total. The number of amides is 2. The molecule has 0 aromatic heterocycles. The van der Waals surface area contributed by atoms with Crippen molar-refractivity contribution < 1.29 is 24.2 Å². The minimum Gasteiger partial charge on any atom is -0.481 e. The van der Waals surface area contributed by atoms with Gasteiger partial charge in [0.25, 0.3) is 0 Å². The number of esters is 1. The van der Waals surface area contributed by atoms with E-state index in [1.165, 1.54) is 11.9 Å². The smallest absolute Gasteiger partial charge is 0.325 e. The summed E-state index contributed by atoms with van der Waals surface area (Å²) in [6.07, 6.45) is 0.905. The van der Waals surface area contributed by atoms with Crippen LogP contribution in [0.2, 0.25) is 0 Å². The van der Waals surface area contributed by atoms with Crippen LogP contribution < -0.4 is 0 Å². The number of hydrogen-bond acceptors (Lipinski definition) is 4. The van der Waals surface area contributed by atoms with E-state index in [1.807, 2.05) is 0 Å². The fraction of sp³-hybridized carbons (Fsp3) is 0.750. The average Bonchev–Trinajstić information content (AvgIpc) is 2.38. The molecular weight excluding hydrogens is 252 g/mol. The second-order valence-corrected chi connectivity index (χ2v) is 4.54. The molecule has 19 heavy (non-hydrogen) atoms. The summed E-state index contributed by atoms with van der Waals surface area (Å²) in [4.78, 5) is 36.9. The highest BCUT2D eigenvalue weighted by Gasteiger charge is 2.28. The highest BCUT2D eigenvalue weighted by atomic mass is 16.5. The van der Waals surface area contributed by atoms with Gasteiger partial charge in [-0.15, -0.1) is 0 Å². The minimum atomic E-state index is -0.813. The molecule has 0 atom stereocenters. The first-order valence-corrected chi connectivity index (χ1v) is 6.34. The molecule has 108 valence electrons. The van der Waals surface area contributed by atoms with Gasteiger partial charge in [-0.2, -0.15) is 0 Å². The van der Waals surface area contributed by atoms with Gasteiger partial charge in [0.15, 0.2) is 0 Å². The molecular formula is C12H20N2O5. The van der Waals surface area contributed by atoms with Gasteiger partial charge in [-0.3, -0.25) is 9.59 Å². The minimum absolute atomic E-state index is 0.0917. The maximum Gasteiger partial charge on any atom is 0.325 e. The molecule has 1 fully saturated rings. The van der Waals surface area contributed by atoms with Gasteiger partial charge in [0.1, 0.15) is 6.54 Å². The van der Waals surface area contributed by atoms with Crippen LogP contribution in [-0.4, -0.2) is 66.2 Å². The van der Waals surface area contributed by atoms with Crippen LogP contribution in [0.5, 0.6) is 0 Å². The lowest BCUT2D eigenvalue weighted by atomic mass is 9.97. The average molecular weight is 272 g/mol. The Morgan fingerprint density at radius 1 is 1.32 bits per heavy atom. The number of carbonyl (C=O) groups is 3. The maximum absolute atomic E-state index is 12.0. The topological polar surface area (TPSA) is 87.2 Å². The lowest BCUT2D eigenvalue weighted by molar-refractivity contribution is -0.143. The lowest BCUT2D eigenvalue weighted by Crippen LogP contribution is -2.47. The first-order valence-electron chi connectivity index (χ1n) is 6.34. The predicted octanol–water partition coefficient (Wildman–Crippen LogP) is 0.398. The Morgan fingerprint density at radius 3 is 2.37 bits per heavy atom. The van der Waals surface area contributed by atoms with E-state index in [0.29, 0.717) is 25.9 Å². The number of aliphatic carboxylic acids is 1. The fourth-order valence-corrected chi connectivity index (χ4v) is 2.03. The molecule has 2 amide bonds. The van der Waals surface area contributed by atoms with Crippen molar-refractivity contribution in [2.24, 2.45) is 5.92 Å². The summed E-state index contributed by atoms with van der Waals surface area (Å²) in [6.45, 7) is 2.71. The van der Waals surface area contributed by atoms with E-state index >= 15 is 0 Å². The van der Waals surface area contributed by atoms with E-state index in [2.05, 4.69) is 0 Å². The third kappa shape index (κ3) is 4.42. The van der Waals surface area contributed by atoms with Crippen molar-refractivity contribution in [3.05, 3.63) is 0 Å². The third-order valence-electron chi connectivity index (χ3n) is 3.11. The SMILES string of the molecule is CCOC(=O)CN(C)C(=O)N1CCC(C(=O)O)CC1. The molecule has 1 saturated heterocycles. The van der Waals surface area contributed by atoms with Crippen LogP contribution in [-0.2, 0) is 14.3 Å². The van der Waals surface area contributed by atoms with Gasteiger partial charge in [-0.05, 0) is 19.8 Å². The number of likely N-dealkylation sites (N-methyl/N-ethyl adjacent to an activating group) is 1. The normalized spacial score (nSPS) is 16.0. The first kappa shape index (κ1) is 15.3. The van der Waals surface area contributed by atoms with Crippen LogP contribution in [0.15, 0.2) is 0 Å². The molecule has 1 aliphatic rings. The molecule has 1 heterocycles. The highest BCUT2D eigenvalue weighted by Crippen LogP contribution is 2.18. The Bertz CT molecular complexity index is 350. The fourth-order valence-electron chi connectivity index (χ4n) is 2.03. The number of piperidine rings is 1. The second-order valence-electron chi connectivity index (χ2n) is 4.54. The quantitative estimate of drug-likeness (QED) is 0.748. The predicted molar refractivity (Wildman–Crippen MR) is 66.6 cm³/mol. The number of carboxylic acids is 1. The van der Waals surface area contributed by atoms with Crippen molar-refractivity contribution in [2.45, 2.75) is 19.8 Å². The van der Waals surface area contributed by atoms with Crippen molar-refractivity contribution in [1.29, 1.82) is 0 Å². The van der Waals surface area contributed by atoms with Gasteiger partial charge in [0, 0.05) is 20.1 Å².